The molecule has 1 heterocycles. The normalized spacial score (nSPS) is 12.5. The van der Waals surface area contributed by atoms with Crippen molar-refractivity contribution in [3.8, 4) is 0 Å². The summed E-state index contributed by atoms with van der Waals surface area (Å²) < 4.78 is 1.61. The molecule has 0 saturated heterocycles. The van der Waals surface area contributed by atoms with Gasteiger partial charge in [0.15, 0.2) is 0 Å². The number of hydrazine groups is 1. The van der Waals surface area contributed by atoms with E-state index in [2.05, 4.69) is 15.5 Å². The van der Waals surface area contributed by atoms with Gasteiger partial charge in [0.2, 0.25) is 5.91 Å². The van der Waals surface area contributed by atoms with Gasteiger partial charge in [-0.1, -0.05) is 0 Å². The van der Waals surface area contributed by atoms with Crippen molar-refractivity contribution in [3.63, 3.8) is 0 Å². The van der Waals surface area contributed by atoms with Crippen LogP contribution >= 0.6 is 0 Å². The molecule has 0 aliphatic carbocycles. The largest absolute Gasteiger partial charge is 0.294 e. The minimum absolute atomic E-state index is 0.0175. The maximum absolute atomic E-state index is 10.8. The smallest absolute Gasteiger partial charge is 0.236 e. The number of carbonyl (C=O) groups is 1. The number of rotatable bonds is 3. The molecule has 1 rings (SSSR count). The second-order valence-corrected chi connectivity index (χ2v) is 2.50. The number of nitrogens with one attached hydrogen (secondary N) is 1. The zero-order valence-corrected chi connectivity index (χ0v) is 6.77. The standard InChI is InChI=1S/C6H11N5O/c1-5(2-6(12)10-7)11-4-8-3-9-11/h3-5H,2,7H2,1H3,(H,10,12)/t5-/m0/s1. The van der Waals surface area contributed by atoms with Gasteiger partial charge in [-0.05, 0) is 6.92 Å². The zero-order valence-electron chi connectivity index (χ0n) is 6.77. The van der Waals surface area contributed by atoms with Crippen LogP contribution in [0.15, 0.2) is 12.7 Å². The van der Waals surface area contributed by atoms with E-state index in [9.17, 15) is 4.79 Å². The number of aromatic nitrogens is 3. The van der Waals surface area contributed by atoms with E-state index in [-0.39, 0.29) is 11.9 Å². The molecule has 6 heteroatoms. The third-order valence-corrected chi connectivity index (χ3v) is 1.53. The van der Waals surface area contributed by atoms with E-state index in [4.69, 9.17) is 5.84 Å². The van der Waals surface area contributed by atoms with Crippen LogP contribution in [0.4, 0.5) is 0 Å². The molecule has 0 spiro atoms. The van der Waals surface area contributed by atoms with E-state index in [1.54, 1.807) is 11.0 Å². The van der Waals surface area contributed by atoms with Crippen molar-refractivity contribution in [1.82, 2.24) is 20.2 Å². The van der Waals surface area contributed by atoms with Crippen LogP contribution in [-0.2, 0) is 4.79 Å². The number of amides is 1. The Kier molecular flexibility index (Phi) is 2.76. The van der Waals surface area contributed by atoms with E-state index in [0.29, 0.717) is 6.42 Å². The second-order valence-electron chi connectivity index (χ2n) is 2.50. The SMILES string of the molecule is C[C@@H](CC(=O)NN)n1cncn1. The molecule has 12 heavy (non-hydrogen) atoms. The first-order valence-corrected chi connectivity index (χ1v) is 3.57. The average molecular weight is 169 g/mol. The van der Waals surface area contributed by atoms with Crippen molar-refractivity contribution in [2.45, 2.75) is 19.4 Å². The number of nitrogens with zero attached hydrogens (tertiary/aromatic N) is 3. The third kappa shape index (κ3) is 2.03. The molecule has 66 valence electrons. The van der Waals surface area contributed by atoms with Crippen LogP contribution in [0, 0.1) is 0 Å². The van der Waals surface area contributed by atoms with Gasteiger partial charge in [0.05, 0.1) is 12.5 Å². The number of nitrogens with two attached hydrogens (primary N) is 1. The van der Waals surface area contributed by atoms with Crippen molar-refractivity contribution < 1.29 is 4.79 Å². The summed E-state index contributed by atoms with van der Waals surface area (Å²) in [5.41, 5.74) is 2.06. The van der Waals surface area contributed by atoms with Gasteiger partial charge in [0.25, 0.3) is 0 Å². The summed E-state index contributed by atoms with van der Waals surface area (Å²) in [6.45, 7) is 1.86. The highest BCUT2D eigenvalue weighted by Gasteiger charge is 2.09. The van der Waals surface area contributed by atoms with Crippen molar-refractivity contribution in [3.05, 3.63) is 12.7 Å². The number of hydrogen-bond acceptors (Lipinski definition) is 4. The summed E-state index contributed by atoms with van der Waals surface area (Å²) in [5, 5.41) is 3.89. The average Bonchev–Trinajstić information content (AvgIpc) is 2.56. The highest BCUT2D eigenvalue weighted by molar-refractivity contribution is 5.75. The quantitative estimate of drug-likeness (QED) is 0.353. The Balaban J connectivity index is 2.49. The highest BCUT2D eigenvalue weighted by atomic mass is 16.2. The molecule has 0 unspecified atom stereocenters. The topological polar surface area (TPSA) is 85.8 Å². The first kappa shape index (κ1) is 8.66. The van der Waals surface area contributed by atoms with Gasteiger partial charge in [0, 0.05) is 0 Å². The summed E-state index contributed by atoms with van der Waals surface area (Å²) in [6.07, 6.45) is 3.30. The van der Waals surface area contributed by atoms with Crippen LogP contribution in [0.3, 0.4) is 0 Å². The Bertz CT molecular complexity index is 244. The summed E-state index contributed by atoms with van der Waals surface area (Å²) in [6, 6.07) is -0.0175. The zero-order chi connectivity index (χ0) is 8.97. The highest BCUT2D eigenvalue weighted by Crippen LogP contribution is 2.06. The van der Waals surface area contributed by atoms with Gasteiger partial charge in [0.1, 0.15) is 12.7 Å². The van der Waals surface area contributed by atoms with Crippen LogP contribution in [-0.4, -0.2) is 20.7 Å². The summed E-state index contributed by atoms with van der Waals surface area (Å²) in [5.74, 6) is 4.72. The van der Waals surface area contributed by atoms with E-state index in [1.165, 1.54) is 6.33 Å². The molecule has 0 fully saturated rings. The summed E-state index contributed by atoms with van der Waals surface area (Å²) in [7, 11) is 0. The molecule has 0 radical (unpaired) electrons. The van der Waals surface area contributed by atoms with Gasteiger partial charge in [-0.25, -0.2) is 15.5 Å². The Hall–Kier alpha value is -1.43. The molecule has 1 aromatic heterocycles. The Morgan fingerprint density at radius 3 is 3.08 bits per heavy atom. The van der Waals surface area contributed by atoms with Crippen LogP contribution in [0.5, 0.6) is 0 Å². The molecular formula is C6H11N5O. The molecule has 0 aliphatic rings. The maximum atomic E-state index is 10.8. The van der Waals surface area contributed by atoms with Gasteiger partial charge < -0.3 is 0 Å². The molecular weight excluding hydrogens is 158 g/mol. The van der Waals surface area contributed by atoms with Gasteiger partial charge in [-0.15, -0.1) is 0 Å². The predicted molar refractivity (Wildman–Crippen MR) is 41.7 cm³/mol. The monoisotopic (exact) mass is 169 g/mol. The predicted octanol–water partition coefficient (Wildman–Crippen LogP) is -0.781. The van der Waals surface area contributed by atoms with Crippen molar-refractivity contribution in [2.75, 3.05) is 0 Å². The Morgan fingerprint density at radius 2 is 2.58 bits per heavy atom. The Morgan fingerprint density at radius 1 is 1.83 bits per heavy atom. The molecule has 0 bridgehead atoms. The lowest BCUT2D eigenvalue weighted by Crippen LogP contribution is -2.31. The van der Waals surface area contributed by atoms with Crippen molar-refractivity contribution in [2.24, 2.45) is 5.84 Å². The fourth-order valence-corrected chi connectivity index (χ4v) is 0.866. The molecule has 6 nitrogen and oxygen atoms in total. The van der Waals surface area contributed by atoms with Gasteiger partial charge in [-0.3, -0.25) is 10.2 Å². The van der Waals surface area contributed by atoms with Crippen molar-refractivity contribution in [1.29, 1.82) is 0 Å². The third-order valence-electron chi connectivity index (χ3n) is 1.53. The molecule has 0 saturated carbocycles. The minimum atomic E-state index is -0.210. The number of hydrogen-bond donors (Lipinski definition) is 2. The lowest BCUT2D eigenvalue weighted by Gasteiger charge is -2.08. The molecule has 1 atom stereocenters. The van der Waals surface area contributed by atoms with E-state index in [0.717, 1.165) is 0 Å². The van der Waals surface area contributed by atoms with Crippen LogP contribution < -0.4 is 11.3 Å². The van der Waals surface area contributed by atoms with Crippen LogP contribution in [0.2, 0.25) is 0 Å². The first-order chi connectivity index (χ1) is 5.74. The fraction of sp³-hybridized carbons (Fsp3) is 0.500. The first-order valence-electron chi connectivity index (χ1n) is 3.57. The second kappa shape index (κ2) is 3.82. The summed E-state index contributed by atoms with van der Waals surface area (Å²) in [4.78, 5) is 14.6. The molecule has 0 aliphatic heterocycles. The molecule has 3 N–H and O–H groups in total. The van der Waals surface area contributed by atoms with Crippen molar-refractivity contribution >= 4 is 5.91 Å². The maximum Gasteiger partial charge on any atom is 0.236 e. The lowest BCUT2D eigenvalue weighted by molar-refractivity contribution is -0.121. The Labute approximate surface area is 69.7 Å². The van der Waals surface area contributed by atoms with Crippen LogP contribution in [0.25, 0.3) is 0 Å². The van der Waals surface area contributed by atoms with Crippen LogP contribution in [0.1, 0.15) is 19.4 Å². The van der Waals surface area contributed by atoms with E-state index >= 15 is 0 Å². The lowest BCUT2D eigenvalue weighted by atomic mass is 10.2. The van der Waals surface area contributed by atoms with E-state index < -0.39 is 0 Å². The van der Waals surface area contributed by atoms with E-state index in [1.807, 2.05) is 6.92 Å². The minimum Gasteiger partial charge on any atom is -0.294 e. The van der Waals surface area contributed by atoms with Gasteiger partial charge >= 0.3 is 0 Å². The van der Waals surface area contributed by atoms with Gasteiger partial charge in [-0.2, -0.15) is 5.10 Å². The molecule has 1 amide bonds. The fourth-order valence-electron chi connectivity index (χ4n) is 0.866. The molecule has 0 aromatic carbocycles. The molecule has 1 aromatic rings. The number of carbonyl (C=O) groups excluding carboxylic acids is 1. The summed E-state index contributed by atoms with van der Waals surface area (Å²) >= 11 is 0.